The lowest BCUT2D eigenvalue weighted by molar-refractivity contribution is 0.0896. The second-order valence-electron chi connectivity index (χ2n) is 8.51. The Morgan fingerprint density at radius 1 is 1.31 bits per heavy atom. The highest BCUT2D eigenvalue weighted by atomic mass is 35.5. The molecule has 4 heteroatoms. The first kappa shape index (κ1) is 18.8. The monoisotopic (exact) mass is 406 g/mol. The standard InChI is InChI=1S/C25H27ClN2O/c1-3-11-28-12-10-25(17-6-4-7-19(13-17)29-2)15-23-21(14-18(25)16-28)20-8-5-9-22(26)24(20)27-23/h3-9,13,18,27H,1,10-12,14-16H2,2H3/t18?,25-/m1/s1. The van der Waals surface area contributed by atoms with Crippen LogP contribution in [-0.4, -0.2) is 36.6 Å². The second kappa shape index (κ2) is 7.23. The number of ether oxygens (including phenoxy) is 1. The third kappa shape index (κ3) is 2.99. The van der Waals surface area contributed by atoms with Gasteiger partial charge in [-0.15, -0.1) is 6.58 Å². The molecule has 3 nitrogen and oxygen atoms in total. The number of H-pyrrole nitrogens is 1. The highest BCUT2D eigenvalue weighted by molar-refractivity contribution is 6.35. The van der Waals surface area contributed by atoms with Gasteiger partial charge in [0.2, 0.25) is 0 Å². The lowest BCUT2D eigenvalue weighted by atomic mass is 9.58. The van der Waals surface area contributed by atoms with Crippen molar-refractivity contribution in [1.82, 2.24) is 9.88 Å². The van der Waals surface area contributed by atoms with Crippen molar-refractivity contribution >= 4 is 22.5 Å². The molecule has 1 saturated heterocycles. The zero-order valence-electron chi connectivity index (χ0n) is 16.9. The highest BCUT2D eigenvalue weighted by Gasteiger charge is 2.48. The van der Waals surface area contributed by atoms with Crippen molar-refractivity contribution in [3.63, 3.8) is 0 Å². The molecule has 150 valence electrons. The molecule has 0 saturated carbocycles. The number of rotatable bonds is 4. The number of para-hydroxylation sites is 1. The van der Waals surface area contributed by atoms with Gasteiger partial charge in [0, 0.05) is 29.6 Å². The van der Waals surface area contributed by atoms with Crippen LogP contribution in [0.25, 0.3) is 10.9 Å². The van der Waals surface area contributed by atoms with Crippen molar-refractivity contribution in [2.45, 2.75) is 24.7 Å². The summed E-state index contributed by atoms with van der Waals surface area (Å²) in [6, 6.07) is 15.0. The third-order valence-corrected chi connectivity index (χ3v) is 7.40. The van der Waals surface area contributed by atoms with E-state index in [4.69, 9.17) is 16.3 Å². The number of hydrogen-bond acceptors (Lipinski definition) is 2. The zero-order chi connectivity index (χ0) is 20.0. The van der Waals surface area contributed by atoms with Gasteiger partial charge in [-0.1, -0.05) is 41.9 Å². The van der Waals surface area contributed by atoms with E-state index < -0.39 is 0 Å². The van der Waals surface area contributed by atoms with Crippen molar-refractivity contribution in [3.8, 4) is 5.75 Å². The Hall–Kier alpha value is -2.23. The first-order valence-corrected chi connectivity index (χ1v) is 10.8. The number of benzene rings is 2. The molecule has 0 bridgehead atoms. The summed E-state index contributed by atoms with van der Waals surface area (Å²) in [7, 11) is 1.75. The Kier molecular flexibility index (Phi) is 4.68. The molecule has 1 aromatic heterocycles. The Morgan fingerprint density at radius 3 is 3.00 bits per heavy atom. The molecule has 2 aromatic carbocycles. The fourth-order valence-corrected chi connectivity index (χ4v) is 5.85. The van der Waals surface area contributed by atoms with E-state index in [1.54, 1.807) is 7.11 Å². The van der Waals surface area contributed by atoms with Gasteiger partial charge in [-0.05, 0) is 61.1 Å². The molecule has 2 heterocycles. The summed E-state index contributed by atoms with van der Waals surface area (Å²) in [5, 5.41) is 2.09. The van der Waals surface area contributed by atoms with E-state index in [1.807, 2.05) is 18.2 Å². The van der Waals surface area contributed by atoms with Gasteiger partial charge in [0.15, 0.2) is 0 Å². The van der Waals surface area contributed by atoms with Crippen LogP contribution in [0, 0.1) is 5.92 Å². The zero-order valence-corrected chi connectivity index (χ0v) is 17.6. The molecule has 3 aromatic rings. The van der Waals surface area contributed by atoms with Gasteiger partial charge in [-0.3, -0.25) is 4.90 Å². The maximum Gasteiger partial charge on any atom is 0.119 e. The van der Waals surface area contributed by atoms with Crippen LogP contribution in [0.4, 0.5) is 0 Å². The number of likely N-dealkylation sites (tertiary alicyclic amines) is 1. The normalized spacial score (nSPS) is 24.1. The summed E-state index contributed by atoms with van der Waals surface area (Å²) >= 11 is 6.52. The van der Waals surface area contributed by atoms with Gasteiger partial charge < -0.3 is 9.72 Å². The Labute approximate surface area is 177 Å². The van der Waals surface area contributed by atoms with Crippen LogP contribution in [0.2, 0.25) is 5.02 Å². The lowest BCUT2D eigenvalue weighted by Gasteiger charge is -2.51. The van der Waals surface area contributed by atoms with Crippen molar-refractivity contribution in [2.24, 2.45) is 5.92 Å². The van der Waals surface area contributed by atoms with E-state index in [0.29, 0.717) is 5.92 Å². The van der Waals surface area contributed by atoms with Crippen LogP contribution < -0.4 is 4.74 Å². The van der Waals surface area contributed by atoms with E-state index >= 15 is 0 Å². The molecule has 1 aliphatic heterocycles. The van der Waals surface area contributed by atoms with E-state index in [1.165, 1.54) is 22.2 Å². The third-order valence-electron chi connectivity index (χ3n) is 7.09. The smallest absolute Gasteiger partial charge is 0.119 e. The summed E-state index contributed by atoms with van der Waals surface area (Å²) in [5.74, 6) is 1.49. The quantitative estimate of drug-likeness (QED) is 0.589. The molecular weight excluding hydrogens is 380 g/mol. The molecule has 2 atom stereocenters. The molecule has 2 aliphatic rings. The van der Waals surface area contributed by atoms with Gasteiger partial charge in [0.25, 0.3) is 0 Å². The summed E-state index contributed by atoms with van der Waals surface area (Å²) in [6.07, 6.45) is 5.26. The number of aromatic nitrogens is 1. The summed E-state index contributed by atoms with van der Waals surface area (Å²) in [6.45, 7) is 7.10. The predicted molar refractivity (Wildman–Crippen MR) is 120 cm³/mol. The molecular formula is C25H27ClN2O. The number of halogens is 1. The van der Waals surface area contributed by atoms with E-state index in [-0.39, 0.29) is 5.41 Å². The molecule has 1 N–H and O–H groups in total. The van der Waals surface area contributed by atoms with Gasteiger partial charge in [0.05, 0.1) is 17.6 Å². The topological polar surface area (TPSA) is 28.3 Å². The molecule has 5 rings (SSSR count). The number of fused-ring (bicyclic) bond motifs is 4. The summed E-state index contributed by atoms with van der Waals surface area (Å²) in [5.41, 5.74) is 5.40. The van der Waals surface area contributed by atoms with E-state index in [0.717, 1.165) is 55.2 Å². The van der Waals surface area contributed by atoms with Crippen LogP contribution in [0.1, 0.15) is 23.2 Å². The van der Waals surface area contributed by atoms with E-state index in [9.17, 15) is 0 Å². The Balaban J connectivity index is 1.64. The average molecular weight is 407 g/mol. The lowest BCUT2D eigenvalue weighted by Crippen LogP contribution is -2.53. The fourth-order valence-electron chi connectivity index (χ4n) is 5.63. The number of hydrogen-bond donors (Lipinski definition) is 1. The van der Waals surface area contributed by atoms with Crippen molar-refractivity contribution < 1.29 is 4.74 Å². The Morgan fingerprint density at radius 2 is 2.17 bits per heavy atom. The molecule has 0 spiro atoms. The summed E-state index contributed by atoms with van der Waals surface area (Å²) < 4.78 is 5.57. The minimum atomic E-state index is 0.118. The van der Waals surface area contributed by atoms with Crippen LogP contribution in [0.15, 0.2) is 55.1 Å². The van der Waals surface area contributed by atoms with Crippen LogP contribution in [0.5, 0.6) is 5.75 Å². The minimum Gasteiger partial charge on any atom is -0.497 e. The van der Waals surface area contributed by atoms with Crippen molar-refractivity contribution in [1.29, 1.82) is 0 Å². The van der Waals surface area contributed by atoms with Gasteiger partial charge in [0.1, 0.15) is 5.75 Å². The SMILES string of the molecule is C=CCN1CC[C@]2(c3cccc(OC)c3)Cc3[nH]c4c(Cl)cccc4c3CC2C1. The molecule has 1 unspecified atom stereocenters. The van der Waals surface area contributed by atoms with Crippen LogP contribution in [0.3, 0.4) is 0 Å². The van der Waals surface area contributed by atoms with Crippen LogP contribution in [-0.2, 0) is 18.3 Å². The maximum absolute atomic E-state index is 6.52. The number of nitrogens with zero attached hydrogens (tertiary/aromatic N) is 1. The molecule has 1 aliphatic carbocycles. The molecule has 0 radical (unpaired) electrons. The number of methoxy groups -OCH3 is 1. The van der Waals surface area contributed by atoms with E-state index in [2.05, 4.69) is 46.8 Å². The van der Waals surface area contributed by atoms with Crippen molar-refractivity contribution in [2.75, 3.05) is 26.7 Å². The highest BCUT2D eigenvalue weighted by Crippen LogP contribution is 2.49. The first-order valence-electron chi connectivity index (χ1n) is 10.4. The average Bonchev–Trinajstić information content (AvgIpc) is 3.11. The van der Waals surface area contributed by atoms with Gasteiger partial charge in [-0.2, -0.15) is 0 Å². The molecule has 29 heavy (non-hydrogen) atoms. The minimum absolute atomic E-state index is 0.118. The predicted octanol–water partition coefficient (Wildman–Crippen LogP) is 5.37. The largest absolute Gasteiger partial charge is 0.497 e. The number of aromatic amines is 1. The number of piperidine rings is 1. The second-order valence-corrected chi connectivity index (χ2v) is 8.92. The van der Waals surface area contributed by atoms with Gasteiger partial charge in [-0.25, -0.2) is 0 Å². The molecule has 1 fully saturated rings. The van der Waals surface area contributed by atoms with Crippen molar-refractivity contribution in [3.05, 3.63) is 77.0 Å². The summed E-state index contributed by atoms with van der Waals surface area (Å²) in [4.78, 5) is 6.23. The number of nitrogens with one attached hydrogen (secondary N) is 1. The molecule has 0 amide bonds. The fraction of sp³-hybridized carbons (Fsp3) is 0.360. The first-order chi connectivity index (χ1) is 14.1. The van der Waals surface area contributed by atoms with Crippen LogP contribution >= 0.6 is 11.6 Å². The Bertz CT molecular complexity index is 1070. The van der Waals surface area contributed by atoms with Gasteiger partial charge >= 0.3 is 0 Å². The maximum atomic E-state index is 6.52.